The Morgan fingerprint density at radius 1 is 1.25 bits per heavy atom. The van der Waals surface area contributed by atoms with Gasteiger partial charge in [0.2, 0.25) is 0 Å². The number of halogens is 2. The zero-order valence-corrected chi connectivity index (χ0v) is 14.7. The maximum Gasteiger partial charge on any atom is 0.169 e. The molecule has 0 fully saturated rings. The highest BCUT2D eigenvalue weighted by Crippen LogP contribution is 2.25. The van der Waals surface area contributed by atoms with E-state index in [0.29, 0.717) is 12.0 Å². The van der Waals surface area contributed by atoms with Gasteiger partial charge in [0, 0.05) is 16.6 Å². The molecule has 1 heterocycles. The highest BCUT2D eigenvalue weighted by Gasteiger charge is 2.18. The van der Waals surface area contributed by atoms with Crippen LogP contribution < -0.4 is 0 Å². The number of hydrogen-bond donors (Lipinski definition) is 0. The van der Waals surface area contributed by atoms with Crippen LogP contribution in [0.2, 0.25) is 0 Å². The van der Waals surface area contributed by atoms with Crippen molar-refractivity contribution in [1.82, 2.24) is 9.78 Å². The van der Waals surface area contributed by atoms with Crippen molar-refractivity contribution in [3.8, 4) is 0 Å². The first kappa shape index (κ1) is 15.4. The van der Waals surface area contributed by atoms with Gasteiger partial charge in [0.05, 0.1) is 22.3 Å². The van der Waals surface area contributed by atoms with E-state index in [1.165, 1.54) is 0 Å². The Morgan fingerprint density at radius 2 is 1.95 bits per heavy atom. The first-order chi connectivity index (χ1) is 9.58. The Kier molecular flexibility index (Phi) is 5.16. The number of rotatable bonds is 5. The second-order valence-electron chi connectivity index (χ2n) is 4.46. The third-order valence-electron chi connectivity index (χ3n) is 3.20. The normalized spacial score (nSPS) is 10.8. The lowest BCUT2D eigenvalue weighted by Crippen LogP contribution is -2.10. The van der Waals surface area contributed by atoms with Crippen molar-refractivity contribution in [3.63, 3.8) is 0 Å². The molecule has 1 aromatic carbocycles. The highest BCUT2D eigenvalue weighted by atomic mass is 79.9. The van der Waals surface area contributed by atoms with Crippen molar-refractivity contribution in [3.05, 3.63) is 50.2 Å². The number of nitrogens with zero attached hydrogens (tertiary/aromatic N) is 2. The molecule has 0 spiro atoms. The monoisotopic (exact) mass is 398 g/mol. The lowest BCUT2D eigenvalue weighted by molar-refractivity contribution is 0.0989. The molecule has 0 aliphatic rings. The van der Waals surface area contributed by atoms with E-state index in [0.717, 1.165) is 33.3 Å². The molecule has 1 aromatic heterocycles. The fourth-order valence-electron chi connectivity index (χ4n) is 2.12. The number of benzene rings is 1. The topological polar surface area (TPSA) is 34.9 Å². The van der Waals surface area contributed by atoms with Crippen LogP contribution in [0.3, 0.4) is 0 Å². The molecule has 0 unspecified atom stereocenters. The summed E-state index contributed by atoms with van der Waals surface area (Å²) >= 11 is 7.00. The summed E-state index contributed by atoms with van der Waals surface area (Å²) in [6.07, 6.45) is 1.20. The van der Waals surface area contributed by atoms with Gasteiger partial charge in [-0.1, -0.05) is 41.1 Å². The summed E-state index contributed by atoms with van der Waals surface area (Å²) in [6.45, 7) is 4.86. The molecule has 0 aliphatic heterocycles. The second-order valence-corrected chi connectivity index (χ2v) is 6.10. The van der Waals surface area contributed by atoms with Crippen LogP contribution in [0.25, 0.3) is 0 Å². The maximum atomic E-state index is 12.5. The van der Waals surface area contributed by atoms with Crippen LogP contribution >= 0.6 is 31.9 Å². The molecular formula is C15H16Br2N2O. The summed E-state index contributed by atoms with van der Waals surface area (Å²) in [7, 11) is 0. The second kappa shape index (κ2) is 6.68. The van der Waals surface area contributed by atoms with Gasteiger partial charge in [0.15, 0.2) is 5.78 Å². The minimum Gasteiger partial charge on any atom is -0.294 e. The Hall–Kier alpha value is -0.940. The van der Waals surface area contributed by atoms with Crippen LogP contribution in [0.15, 0.2) is 33.2 Å². The molecule has 3 nitrogen and oxygen atoms in total. The number of ketones is 1. The van der Waals surface area contributed by atoms with E-state index < -0.39 is 0 Å². The summed E-state index contributed by atoms with van der Waals surface area (Å²) < 4.78 is 3.69. The molecule has 0 bridgehead atoms. The smallest absolute Gasteiger partial charge is 0.169 e. The number of carbonyl (C=O) groups excluding carboxylic acids is 1. The summed E-state index contributed by atoms with van der Waals surface area (Å²) in [6, 6.07) is 7.51. The van der Waals surface area contributed by atoms with Crippen molar-refractivity contribution in [2.45, 2.75) is 33.2 Å². The van der Waals surface area contributed by atoms with Gasteiger partial charge >= 0.3 is 0 Å². The van der Waals surface area contributed by atoms with Gasteiger partial charge in [0.25, 0.3) is 0 Å². The van der Waals surface area contributed by atoms with Crippen molar-refractivity contribution >= 4 is 37.6 Å². The summed E-state index contributed by atoms with van der Waals surface area (Å²) in [5, 5.41) is 4.52. The molecule has 0 radical (unpaired) electrons. The Labute approximate surface area is 135 Å². The largest absolute Gasteiger partial charge is 0.294 e. The van der Waals surface area contributed by atoms with Gasteiger partial charge in [-0.25, -0.2) is 0 Å². The molecule has 2 aromatic rings. The molecular weight excluding hydrogens is 384 g/mol. The lowest BCUT2D eigenvalue weighted by atomic mass is 10.1. The molecule has 0 aliphatic carbocycles. The zero-order chi connectivity index (χ0) is 14.7. The minimum absolute atomic E-state index is 0.0930. The molecule has 0 atom stereocenters. The average molecular weight is 400 g/mol. The average Bonchev–Trinajstić information content (AvgIpc) is 2.75. The SMILES string of the molecule is CCc1nn(CC)c(CC(=O)c2ccccc2Br)c1Br. The van der Waals surface area contributed by atoms with E-state index in [2.05, 4.69) is 43.9 Å². The highest BCUT2D eigenvalue weighted by molar-refractivity contribution is 9.10. The maximum absolute atomic E-state index is 12.5. The molecule has 0 amide bonds. The van der Waals surface area contributed by atoms with Crippen LogP contribution in [0.4, 0.5) is 0 Å². The summed E-state index contributed by atoms with van der Waals surface area (Å²) in [5.74, 6) is 0.0930. The molecule has 106 valence electrons. The van der Waals surface area contributed by atoms with Gasteiger partial charge in [-0.2, -0.15) is 5.10 Å². The third kappa shape index (κ3) is 3.04. The van der Waals surface area contributed by atoms with Crippen LogP contribution in [0.1, 0.15) is 35.6 Å². The van der Waals surface area contributed by atoms with Gasteiger partial charge in [-0.3, -0.25) is 9.48 Å². The Bertz CT molecular complexity index is 635. The van der Waals surface area contributed by atoms with Crippen LogP contribution in [-0.2, 0) is 19.4 Å². The van der Waals surface area contributed by atoms with Crippen molar-refractivity contribution in [2.75, 3.05) is 0 Å². The van der Waals surface area contributed by atoms with Gasteiger partial charge < -0.3 is 0 Å². The van der Waals surface area contributed by atoms with Gasteiger partial charge in [0.1, 0.15) is 0 Å². The standard InChI is InChI=1S/C15H16Br2N2O/c1-3-12-15(17)13(19(4-2)18-12)9-14(20)10-7-5-6-8-11(10)16/h5-8H,3-4,9H2,1-2H3. The zero-order valence-electron chi connectivity index (χ0n) is 11.5. The van der Waals surface area contributed by atoms with Gasteiger partial charge in [-0.05, 0) is 35.3 Å². The first-order valence-corrected chi connectivity index (χ1v) is 8.18. The van der Waals surface area contributed by atoms with E-state index in [4.69, 9.17) is 0 Å². The summed E-state index contributed by atoms with van der Waals surface area (Å²) in [5.41, 5.74) is 2.66. The predicted octanol–water partition coefficient (Wildman–Crippen LogP) is 4.42. The van der Waals surface area contributed by atoms with Crippen LogP contribution in [0.5, 0.6) is 0 Å². The lowest BCUT2D eigenvalue weighted by Gasteiger charge is -2.06. The van der Waals surface area contributed by atoms with Crippen molar-refractivity contribution < 1.29 is 4.79 Å². The van der Waals surface area contributed by atoms with Crippen LogP contribution in [-0.4, -0.2) is 15.6 Å². The molecule has 0 saturated carbocycles. The number of aromatic nitrogens is 2. The minimum atomic E-state index is 0.0930. The van der Waals surface area contributed by atoms with Crippen molar-refractivity contribution in [1.29, 1.82) is 0 Å². The Morgan fingerprint density at radius 3 is 2.55 bits per heavy atom. The van der Waals surface area contributed by atoms with E-state index in [1.54, 1.807) is 0 Å². The number of carbonyl (C=O) groups is 1. The number of aryl methyl sites for hydroxylation is 2. The molecule has 5 heteroatoms. The molecule has 20 heavy (non-hydrogen) atoms. The van der Waals surface area contributed by atoms with E-state index in [9.17, 15) is 4.79 Å². The van der Waals surface area contributed by atoms with E-state index >= 15 is 0 Å². The quantitative estimate of drug-likeness (QED) is 0.697. The number of Topliss-reactive ketones (excluding diaryl/α,β-unsaturated/α-hetero) is 1. The summed E-state index contributed by atoms with van der Waals surface area (Å²) in [4.78, 5) is 12.5. The predicted molar refractivity (Wildman–Crippen MR) is 87.2 cm³/mol. The molecule has 0 N–H and O–H groups in total. The van der Waals surface area contributed by atoms with Crippen LogP contribution in [0, 0.1) is 0 Å². The molecule has 0 saturated heterocycles. The third-order valence-corrected chi connectivity index (χ3v) is 4.80. The van der Waals surface area contributed by atoms with E-state index in [1.807, 2.05) is 35.9 Å². The molecule has 2 rings (SSSR count). The van der Waals surface area contributed by atoms with E-state index in [-0.39, 0.29) is 5.78 Å². The Balaban J connectivity index is 2.33. The van der Waals surface area contributed by atoms with Gasteiger partial charge in [-0.15, -0.1) is 0 Å². The fourth-order valence-corrected chi connectivity index (χ4v) is 3.33. The van der Waals surface area contributed by atoms with Crippen molar-refractivity contribution in [2.24, 2.45) is 0 Å². The number of hydrogen-bond acceptors (Lipinski definition) is 2. The fraction of sp³-hybridized carbons (Fsp3) is 0.333. The first-order valence-electron chi connectivity index (χ1n) is 6.60.